The third-order valence-electron chi connectivity index (χ3n) is 4.38. The number of carbonyl (C=O) groups excluding carboxylic acids is 1. The number of fused-ring (bicyclic) bond motifs is 1. The molecule has 142 valence electrons. The molecule has 1 amide bonds. The van der Waals surface area contributed by atoms with Gasteiger partial charge in [-0.15, -0.1) is 11.3 Å². The molecule has 2 N–H and O–H groups in total. The van der Waals surface area contributed by atoms with Crippen molar-refractivity contribution < 1.29 is 4.79 Å². The molecule has 0 unspecified atom stereocenters. The Morgan fingerprint density at radius 2 is 2.00 bits per heavy atom. The summed E-state index contributed by atoms with van der Waals surface area (Å²) in [7, 11) is 0. The van der Waals surface area contributed by atoms with E-state index in [-0.39, 0.29) is 17.9 Å². The van der Waals surface area contributed by atoms with Crippen LogP contribution in [0.2, 0.25) is 0 Å². The van der Waals surface area contributed by atoms with Gasteiger partial charge >= 0.3 is 0 Å². The van der Waals surface area contributed by atoms with Gasteiger partial charge in [0.05, 0.1) is 11.7 Å². The summed E-state index contributed by atoms with van der Waals surface area (Å²) in [5.74, 6) is -0.0658. The Bertz CT molecular complexity index is 976. The summed E-state index contributed by atoms with van der Waals surface area (Å²) in [6.07, 6.45) is 1.79. The molecule has 0 radical (unpaired) electrons. The van der Waals surface area contributed by atoms with Crippen molar-refractivity contribution in [1.29, 1.82) is 0 Å². The minimum absolute atomic E-state index is 0.0658. The Morgan fingerprint density at radius 1 is 1.22 bits per heavy atom. The van der Waals surface area contributed by atoms with E-state index in [1.165, 1.54) is 27.8 Å². The largest absolute Gasteiger partial charge is 0.355 e. The fourth-order valence-corrected chi connectivity index (χ4v) is 3.76. The average Bonchev–Trinajstić information content (AvgIpc) is 3.10. The van der Waals surface area contributed by atoms with Gasteiger partial charge in [0.2, 0.25) is 5.91 Å². The van der Waals surface area contributed by atoms with Gasteiger partial charge in [0.1, 0.15) is 4.83 Å². The highest BCUT2D eigenvalue weighted by molar-refractivity contribution is 7.17. The van der Waals surface area contributed by atoms with Crippen LogP contribution >= 0.6 is 11.3 Å². The highest BCUT2D eigenvalue weighted by atomic mass is 32.1. The van der Waals surface area contributed by atoms with Gasteiger partial charge < -0.3 is 10.6 Å². The van der Waals surface area contributed by atoms with Crippen LogP contribution in [0.5, 0.6) is 0 Å². The van der Waals surface area contributed by atoms with Crippen LogP contribution in [-0.4, -0.2) is 35.1 Å². The SMILES string of the molecule is CCNCCNC(=O)CCn1cnc2scc(-c3ccc(C)cc3)c2c1=O. The van der Waals surface area contributed by atoms with Crippen molar-refractivity contribution in [2.45, 2.75) is 26.8 Å². The van der Waals surface area contributed by atoms with E-state index in [1.54, 1.807) is 0 Å². The lowest BCUT2D eigenvalue weighted by molar-refractivity contribution is -0.121. The smallest absolute Gasteiger partial charge is 0.262 e. The number of carbonyl (C=O) groups is 1. The topological polar surface area (TPSA) is 76.0 Å². The second kappa shape index (κ2) is 8.92. The number of hydrogen-bond donors (Lipinski definition) is 2. The van der Waals surface area contributed by atoms with Crippen molar-refractivity contribution in [2.24, 2.45) is 0 Å². The fraction of sp³-hybridized carbons (Fsp3) is 0.350. The zero-order valence-corrected chi connectivity index (χ0v) is 16.4. The van der Waals surface area contributed by atoms with Crippen LogP contribution in [0, 0.1) is 6.92 Å². The lowest BCUT2D eigenvalue weighted by Gasteiger charge is -2.08. The van der Waals surface area contributed by atoms with Crippen LogP contribution < -0.4 is 16.2 Å². The molecular weight excluding hydrogens is 360 g/mol. The van der Waals surface area contributed by atoms with Gasteiger partial charge in [-0.1, -0.05) is 36.8 Å². The van der Waals surface area contributed by atoms with Crippen LogP contribution in [0.1, 0.15) is 18.9 Å². The van der Waals surface area contributed by atoms with Crippen LogP contribution in [0.3, 0.4) is 0 Å². The molecule has 0 spiro atoms. The maximum absolute atomic E-state index is 13.0. The van der Waals surface area contributed by atoms with Crippen LogP contribution in [-0.2, 0) is 11.3 Å². The Kier molecular flexibility index (Phi) is 6.36. The summed E-state index contributed by atoms with van der Waals surface area (Å²) < 4.78 is 1.52. The maximum Gasteiger partial charge on any atom is 0.262 e. The number of nitrogens with zero attached hydrogens (tertiary/aromatic N) is 2. The van der Waals surface area contributed by atoms with Crippen molar-refractivity contribution in [3.8, 4) is 11.1 Å². The van der Waals surface area contributed by atoms with E-state index in [0.29, 0.717) is 18.5 Å². The second-order valence-electron chi connectivity index (χ2n) is 6.39. The van der Waals surface area contributed by atoms with Crippen molar-refractivity contribution in [1.82, 2.24) is 20.2 Å². The average molecular weight is 385 g/mol. The summed E-state index contributed by atoms with van der Waals surface area (Å²) in [4.78, 5) is 30.0. The third-order valence-corrected chi connectivity index (χ3v) is 5.26. The lowest BCUT2D eigenvalue weighted by atomic mass is 10.1. The van der Waals surface area contributed by atoms with Crippen molar-refractivity contribution in [3.63, 3.8) is 0 Å². The molecule has 1 aromatic carbocycles. The Balaban J connectivity index is 1.77. The number of nitrogens with one attached hydrogen (secondary N) is 2. The van der Waals surface area contributed by atoms with E-state index in [4.69, 9.17) is 0 Å². The fourth-order valence-electron chi connectivity index (χ4n) is 2.85. The normalized spacial score (nSPS) is 11.0. The van der Waals surface area contributed by atoms with Crippen LogP contribution in [0.25, 0.3) is 21.3 Å². The molecule has 0 atom stereocenters. The summed E-state index contributed by atoms with van der Waals surface area (Å²) in [6, 6.07) is 8.10. The Morgan fingerprint density at radius 3 is 2.74 bits per heavy atom. The van der Waals surface area contributed by atoms with E-state index < -0.39 is 0 Å². The number of likely N-dealkylation sites (N-methyl/N-ethyl adjacent to an activating group) is 1. The summed E-state index contributed by atoms with van der Waals surface area (Å²) in [5, 5.41) is 8.59. The minimum atomic E-state index is -0.0997. The maximum atomic E-state index is 13.0. The van der Waals surface area contributed by atoms with E-state index in [0.717, 1.165) is 29.0 Å². The molecule has 0 saturated heterocycles. The van der Waals surface area contributed by atoms with Gasteiger partial charge in [-0.05, 0) is 19.0 Å². The second-order valence-corrected chi connectivity index (χ2v) is 7.25. The summed E-state index contributed by atoms with van der Waals surface area (Å²) >= 11 is 1.47. The minimum Gasteiger partial charge on any atom is -0.355 e. The molecule has 7 heteroatoms. The molecule has 2 heterocycles. The van der Waals surface area contributed by atoms with E-state index >= 15 is 0 Å². The predicted octanol–water partition coefficient (Wildman–Crippen LogP) is 2.55. The monoisotopic (exact) mass is 384 g/mol. The molecule has 27 heavy (non-hydrogen) atoms. The molecule has 0 fully saturated rings. The first kappa shape index (κ1) is 19.3. The van der Waals surface area contributed by atoms with Gasteiger partial charge in [0.15, 0.2) is 0 Å². The van der Waals surface area contributed by atoms with Crippen LogP contribution in [0.4, 0.5) is 0 Å². The molecule has 6 nitrogen and oxygen atoms in total. The molecule has 0 aliphatic heterocycles. The van der Waals surface area contributed by atoms with Gasteiger partial charge in [-0.2, -0.15) is 0 Å². The standard InChI is InChI=1S/C20H24N4O2S/c1-3-21-9-10-22-17(25)8-11-24-13-23-19-18(20(24)26)16(12-27-19)15-6-4-14(2)5-7-15/h4-7,12-13,21H,3,8-11H2,1-2H3,(H,22,25). The third kappa shape index (κ3) is 4.61. The number of aromatic nitrogens is 2. The first-order valence-electron chi connectivity index (χ1n) is 9.11. The first-order chi connectivity index (χ1) is 13.1. The zero-order valence-electron chi connectivity index (χ0n) is 15.6. The molecular formula is C20H24N4O2S. The molecule has 2 aromatic heterocycles. The van der Waals surface area contributed by atoms with E-state index in [1.807, 2.05) is 43.5 Å². The quantitative estimate of drug-likeness (QED) is 0.585. The molecule has 3 aromatic rings. The number of benzene rings is 1. The van der Waals surface area contributed by atoms with Crippen molar-refractivity contribution >= 4 is 27.5 Å². The van der Waals surface area contributed by atoms with E-state index in [2.05, 4.69) is 15.6 Å². The predicted molar refractivity (Wildman–Crippen MR) is 110 cm³/mol. The van der Waals surface area contributed by atoms with Crippen molar-refractivity contribution in [3.05, 3.63) is 51.9 Å². The van der Waals surface area contributed by atoms with Crippen molar-refractivity contribution in [2.75, 3.05) is 19.6 Å². The van der Waals surface area contributed by atoms with E-state index in [9.17, 15) is 9.59 Å². The number of hydrogen-bond acceptors (Lipinski definition) is 5. The Labute approximate surface area is 162 Å². The van der Waals surface area contributed by atoms with Crippen LogP contribution in [0.15, 0.2) is 40.8 Å². The van der Waals surface area contributed by atoms with Gasteiger partial charge in [-0.25, -0.2) is 4.98 Å². The number of rotatable bonds is 8. The first-order valence-corrected chi connectivity index (χ1v) is 9.99. The highest BCUT2D eigenvalue weighted by Crippen LogP contribution is 2.30. The molecule has 0 saturated carbocycles. The summed E-state index contributed by atoms with van der Waals surface area (Å²) in [6.45, 7) is 6.57. The lowest BCUT2D eigenvalue weighted by Crippen LogP contribution is -2.33. The number of thiophene rings is 1. The van der Waals surface area contributed by atoms with Gasteiger partial charge in [0, 0.05) is 37.0 Å². The Hall–Kier alpha value is -2.51. The zero-order chi connectivity index (χ0) is 19.2. The molecule has 3 rings (SSSR count). The molecule has 0 aliphatic rings. The van der Waals surface area contributed by atoms with Gasteiger partial charge in [0.25, 0.3) is 5.56 Å². The number of aryl methyl sites for hydroxylation is 2. The van der Waals surface area contributed by atoms with Gasteiger partial charge in [-0.3, -0.25) is 14.2 Å². The highest BCUT2D eigenvalue weighted by Gasteiger charge is 2.13. The molecule has 0 bridgehead atoms. The number of amides is 1. The summed E-state index contributed by atoms with van der Waals surface area (Å²) in [5.41, 5.74) is 2.98. The molecule has 0 aliphatic carbocycles.